The third-order valence-corrected chi connectivity index (χ3v) is 6.39. The Bertz CT molecular complexity index is 915. The summed E-state index contributed by atoms with van der Waals surface area (Å²) in [6.07, 6.45) is 9.99. The Balaban J connectivity index is 1.69. The average Bonchev–Trinajstić information content (AvgIpc) is 2.68. The van der Waals surface area contributed by atoms with E-state index in [4.69, 9.17) is 0 Å². The molecular weight excluding hydrogens is 364 g/mol. The molecular formula is C24H24F4. The first-order valence-electron chi connectivity index (χ1n) is 10.1. The van der Waals surface area contributed by atoms with Crippen LogP contribution in [-0.2, 0) is 6.42 Å². The Kier molecular flexibility index (Phi) is 5.31. The predicted octanol–water partition coefficient (Wildman–Crippen LogP) is 7.32. The van der Waals surface area contributed by atoms with Crippen LogP contribution < -0.4 is 0 Å². The first kappa shape index (κ1) is 19.2. The highest BCUT2D eigenvalue weighted by atomic mass is 19.2. The molecule has 0 N–H and O–H groups in total. The first-order valence-corrected chi connectivity index (χ1v) is 10.1. The van der Waals surface area contributed by atoms with Gasteiger partial charge in [-0.15, -0.1) is 0 Å². The highest BCUT2D eigenvalue weighted by Gasteiger charge is 2.37. The van der Waals surface area contributed by atoms with Crippen LogP contribution in [0.2, 0.25) is 0 Å². The van der Waals surface area contributed by atoms with Crippen molar-refractivity contribution >= 4 is 0 Å². The molecule has 0 amide bonds. The summed E-state index contributed by atoms with van der Waals surface area (Å²) in [5, 5.41) is 0. The van der Waals surface area contributed by atoms with Crippen molar-refractivity contribution in [1.29, 1.82) is 0 Å². The van der Waals surface area contributed by atoms with Crippen molar-refractivity contribution in [1.82, 2.24) is 0 Å². The molecule has 0 nitrogen and oxygen atoms in total. The van der Waals surface area contributed by atoms with Gasteiger partial charge in [0.05, 0.1) is 5.56 Å². The summed E-state index contributed by atoms with van der Waals surface area (Å²) >= 11 is 0. The molecule has 0 saturated heterocycles. The fourth-order valence-electron chi connectivity index (χ4n) is 5.04. The summed E-state index contributed by atoms with van der Waals surface area (Å²) in [4.78, 5) is 0. The van der Waals surface area contributed by atoms with Crippen LogP contribution in [0.5, 0.6) is 0 Å². The van der Waals surface area contributed by atoms with E-state index in [-0.39, 0.29) is 17.0 Å². The highest BCUT2D eigenvalue weighted by Crippen LogP contribution is 2.49. The van der Waals surface area contributed by atoms with Crippen LogP contribution in [0.4, 0.5) is 17.6 Å². The predicted molar refractivity (Wildman–Crippen MR) is 103 cm³/mol. The van der Waals surface area contributed by atoms with Crippen molar-refractivity contribution in [3.05, 3.63) is 70.8 Å². The van der Waals surface area contributed by atoms with E-state index in [0.717, 1.165) is 49.8 Å². The fraction of sp³-hybridized carbons (Fsp3) is 0.417. The van der Waals surface area contributed by atoms with Crippen molar-refractivity contribution in [2.24, 2.45) is 11.8 Å². The largest absolute Gasteiger partial charge is 0.206 e. The van der Waals surface area contributed by atoms with Gasteiger partial charge in [0.2, 0.25) is 0 Å². The van der Waals surface area contributed by atoms with E-state index in [1.807, 2.05) is 0 Å². The maximum atomic E-state index is 15.3. The molecule has 2 aromatic carbocycles. The first-order chi connectivity index (χ1) is 13.5. The summed E-state index contributed by atoms with van der Waals surface area (Å²) in [5.41, 5.74) is 1.10. The molecule has 0 heterocycles. The van der Waals surface area contributed by atoms with E-state index >= 15 is 4.39 Å². The smallest absolute Gasteiger partial charge is 0.159 e. The molecule has 1 saturated carbocycles. The molecule has 2 aliphatic carbocycles. The number of hydrogen-bond acceptors (Lipinski definition) is 0. The molecule has 2 aromatic rings. The molecule has 0 bridgehead atoms. The van der Waals surface area contributed by atoms with Gasteiger partial charge in [0.15, 0.2) is 11.6 Å². The average molecular weight is 388 g/mol. The van der Waals surface area contributed by atoms with Gasteiger partial charge in [-0.2, -0.15) is 0 Å². The van der Waals surface area contributed by atoms with Crippen molar-refractivity contribution in [3.8, 4) is 11.1 Å². The lowest BCUT2D eigenvalue weighted by atomic mass is 9.65. The monoisotopic (exact) mass is 388 g/mol. The van der Waals surface area contributed by atoms with Crippen LogP contribution >= 0.6 is 0 Å². The zero-order valence-corrected chi connectivity index (χ0v) is 16.0. The van der Waals surface area contributed by atoms with Gasteiger partial charge < -0.3 is 0 Å². The Labute approximate surface area is 163 Å². The molecule has 0 aromatic heterocycles. The number of benzene rings is 2. The minimum Gasteiger partial charge on any atom is -0.206 e. The molecule has 148 valence electrons. The Morgan fingerprint density at radius 1 is 0.964 bits per heavy atom. The molecule has 28 heavy (non-hydrogen) atoms. The minimum atomic E-state index is -1.10. The second-order valence-corrected chi connectivity index (χ2v) is 8.06. The second-order valence-electron chi connectivity index (χ2n) is 8.06. The fourth-order valence-corrected chi connectivity index (χ4v) is 5.04. The van der Waals surface area contributed by atoms with Gasteiger partial charge in [-0.05, 0) is 91.2 Å². The van der Waals surface area contributed by atoms with Crippen LogP contribution in [0.25, 0.3) is 11.1 Å². The zero-order valence-electron chi connectivity index (χ0n) is 16.0. The second kappa shape index (κ2) is 7.73. The number of halogens is 4. The zero-order chi connectivity index (χ0) is 19.8. The molecule has 3 atom stereocenters. The number of rotatable bonds is 3. The Morgan fingerprint density at radius 2 is 1.79 bits per heavy atom. The number of fused-ring (bicyclic) bond motifs is 3. The van der Waals surface area contributed by atoms with Gasteiger partial charge in [0, 0.05) is 0 Å². The van der Waals surface area contributed by atoms with E-state index < -0.39 is 23.3 Å². The van der Waals surface area contributed by atoms with Crippen molar-refractivity contribution < 1.29 is 17.6 Å². The topological polar surface area (TPSA) is 0 Å². The minimum absolute atomic E-state index is 0.0345. The van der Waals surface area contributed by atoms with Crippen molar-refractivity contribution in [2.45, 2.75) is 51.4 Å². The van der Waals surface area contributed by atoms with Gasteiger partial charge in [-0.3, -0.25) is 0 Å². The number of hydrogen-bond donors (Lipinski definition) is 0. The molecule has 0 spiro atoms. The lowest BCUT2D eigenvalue weighted by Crippen LogP contribution is -2.28. The van der Waals surface area contributed by atoms with E-state index in [2.05, 4.69) is 19.1 Å². The number of allylic oxidation sites excluding steroid dienone is 2. The summed E-state index contributed by atoms with van der Waals surface area (Å²) in [6.45, 7) is 2.12. The third-order valence-electron chi connectivity index (χ3n) is 6.39. The van der Waals surface area contributed by atoms with Crippen LogP contribution in [0.15, 0.2) is 36.4 Å². The third kappa shape index (κ3) is 3.38. The quantitative estimate of drug-likeness (QED) is 0.382. The molecule has 4 heteroatoms. The lowest BCUT2D eigenvalue weighted by molar-refractivity contribution is 0.234. The summed E-state index contributed by atoms with van der Waals surface area (Å²) in [5.74, 6) is -2.27. The Hall–Kier alpha value is -2.10. The molecule has 0 unspecified atom stereocenters. The summed E-state index contributed by atoms with van der Waals surface area (Å²) in [7, 11) is 0. The van der Waals surface area contributed by atoms with Gasteiger partial charge >= 0.3 is 0 Å². The van der Waals surface area contributed by atoms with Gasteiger partial charge in [-0.25, -0.2) is 17.6 Å². The molecule has 0 aliphatic heterocycles. The van der Waals surface area contributed by atoms with E-state index in [9.17, 15) is 13.2 Å². The van der Waals surface area contributed by atoms with Crippen molar-refractivity contribution in [3.63, 3.8) is 0 Å². The molecule has 0 radical (unpaired) electrons. The Morgan fingerprint density at radius 3 is 2.54 bits per heavy atom. The SMILES string of the molecule is CC/C=C/[C@@H]1CC[C@@H]2c3cc(F)c(-c4ccc(F)c(F)c4)c(F)c3CC[C@@H]2C1. The van der Waals surface area contributed by atoms with E-state index in [1.165, 1.54) is 12.1 Å². The van der Waals surface area contributed by atoms with Gasteiger partial charge in [0.25, 0.3) is 0 Å². The van der Waals surface area contributed by atoms with Gasteiger partial charge in [0.1, 0.15) is 11.6 Å². The molecule has 1 fully saturated rings. The molecule has 4 rings (SSSR count). The standard InChI is InChI=1S/C24H24F4/c1-2-3-4-14-5-8-17-15(11-14)6-9-18-19(17)13-22(27)23(24(18)28)16-7-10-20(25)21(26)12-16/h3-4,7,10,12-15,17H,2,5-6,8-9,11H2,1H3/b4-3+/t14-,15-,17+/m1/s1. The normalized spacial score (nSPS) is 24.2. The van der Waals surface area contributed by atoms with Crippen LogP contribution in [0.3, 0.4) is 0 Å². The van der Waals surface area contributed by atoms with E-state index in [0.29, 0.717) is 23.8 Å². The van der Waals surface area contributed by atoms with Crippen LogP contribution in [-0.4, -0.2) is 0 Å². The van der Waals surface area contributed by atoms with Crippen LogP contribution in [0, 0.1) is 35.1 Å². The maximum Gasteiger partial charge on any atom is 0.159 e. The highest BCUT2D eigenvalue weighted by molar-refractivity contribution is 5.67. The van der Waals surface area contributed by atoms with Crippen molar-refractivity contribution in [2.75, 3.05) is 0 Å². The maximum absolute atomic E-state index is 15.3. The summed E-state index contributed by atoms with van der Waals surface area (Å²) in [6, 6.07) is 4.43. The van der Waals surface area contributed by atoms with Gasteiger partial charge in [-0.1, -0.05) is 25.1 Å². The lowest BCUT2D eigenvalue weighted by Gasteiger charge is -2.40. The summed E-state index contributed by atoms with van der Waals surface area (Å²) < 4.78 is 57.0. The molecule has 2 aliphatic rings. The van der Waals surface area contributed by atoms with Crippen LogP contribution in [0.1, 0.15) is 56.1 Å². The van der Waals surface area contributed by atoms with E-state index in [1.54, 1.807) is 0 Å².